The Kier molecular flexibility index (Phi) is 3.32. The molecule has 1 N–H and O–H groups in total. The molecule has 3 aromatic rings. The van der Waals surface area contributed by atoms with Gasteiger partial charge in [0.25, 0.3) is 5.92 Å². The normalized spacial score (nSPS) is 16.6. The highest BCUT2D eigenvalue weighted by Crippen LogP contribution is 2.43. The van der Waals surface area contributed by atoms with Crippen LogP contribution >= 0.6 is 0 Å². The molecule has 3 aromatic heterocycles. The van der Waals surface area contributed by atoms with Gasteiger partial charge in [0.05, 0.1) is 12.2 Å². The van der Waals surface area contributed by atoms with Crippen LogP contribution in [0.5, 0.6) is 0 Å². The summed E-state index contributed by atoms with van der Waals surface area (Å²) in [5, 5.41) is 2.70. The fourth-order valence-electron chi connectivity index (χ4n) is 3.39. The van der Waals surface area contributed by atoms with Crippen LogP contribution in [0.25, 0.3) is 11.2 Å². The molecule has 5 rings (SSSR count). The van der Waals surface area contributed by atoms with Gasteiger partial charge in [0, 0.05) is 42.7 Å². The van der Waals surface area contributed by atoms with Crippen LogP contribution in [0, 0.1) is 5.92 Å². The van der Waals surface area contributed by atoms with E-state index in [1.54, 1.807) is 12.4 Å². The summed E-state index contributed by atoms with van der Waals surface area (Å²) in [7, 11) is 0. The molecule has 0 unspecified atom stereocenters. The first-order chi connectivity index (χ1) is 12.6. The molecule has 2 aliphatic carbocycles. The van der Waals surface area contributed by atoms with Gasteiger partial charge in [0.15, 0.2) is 0 Å². The number of nitrogens with one attached hydrogen (secondary N) is 1. The number of imidazole rings is 1. The number of anilines is 1. The van der Waals surface area contributed by atoms with Crippen molar-refractivity contribution in [3.8, 4) is 0 Å². The van der Waals surface area contributed by atoms with Crippen LogP contribution in [0.1, 0.15) is 29.7 Å². The zero-order valence-corrected chi connectivity index (χ0v) is 14.0. The van der Waals surface area contributed by atoms with Crippen molar-refractivity contribution >= 4 is 17.2 Å². The summed E-state index contributed by atoms with van der Waals surface area (Å²) >= 11 is 0. The number of aromatic nitrogens is 4. The van der Waals surface area contributed by atoms with E-state index < -0.39 is 18.4 Å². The fourth-order valence-corrected chi connectivity index (χ4v) is 3.39. The van der Waals surface area contributed by atoms with E-state index in [1.807, 2.05) is 28.9 Å². The number of alkyl halides is 2. The van der Waals surface area contributed by atoms with Gasteiger partial charge in [-0.15, -0.1) is 0 Å². The van der Waals surface area contributed by atoms with Gasteiger partial charge in [-0.1, -0.05) is 6.08 Å². The summed E-state index contributed by atoms with van der Waals surface area (Å²) in [6.45, 7) is -0.409. The number of allylic oxidation sites excluding steroid dienone is 1. The van der Waals surface area contributed by atoms with Gasteiger partial charge < -0.3 is 9.72 Å². The van der Waals surface area contributed by atoms with Crippen LogP contribution in [0.15, 0.2) is 43.0 Å². The van der Waals surface area contributed by atoms with Crippen LogP contribution in [-0.4, -0.2) is 31.8 Å². The molecule has 0 radical (unpaired) electrons. The lowest BCUT2D eigenvalue weighted by molar-refractivity contribution is -0.00832. The highest BCUT2D eigenvalue weighted by molar-refractivity contribution is 5.83. The minimum Gasteiger partial charge on any atom is -0.348 e. The standard InChI is InChI=1S/C19H17F2N5/c20-19(21,13-2-3-13)11-24-18-23-9-15-14(4-5-16(15)25-18)12-1-6-17-22-7-8-26(17)10-12/h1,4,6-10,13H,2-3,5,11H2,(H,23,24,25). The number of halogens is 2. The third kappa shape index (κ3) is 2.64. The van der Waals surface area contributed by atoms with Gasteiger partial charge in [0.1, 0.15) is 5.65 Å². The van der Waals surface area contributed by atoms with Crippen molar-refractivity contribution in [3.63, 3.8) is 0 Å². The number of fused-ring (bicyclic) bond motifs is 2. The van der Waals surface area contributed by atoms with Crippen LogP contribution in [0.2, 0.25) is 0 Å². The maximum atomic E-state index is 13.8. The van der Waals surface area contributed by atoms with E-state index in [-0.39, 0.29) is 5.95 Å². The predicted octanol–water partition coefficient (Wildman–Crippen LogP) is 3.57. The van der Waals surface area contributed by atoms with Crippen molar-refractivity contribution in [1.82, 2.24) is 19.4 Å². The Balaban J connectivity index is 1.37. The molecular formula is C19H17F2N5. The van der Waals surface area contributed by atoms with Crippen molar-refractivity contribution in [1.29, 1.82) is 0 Å². The number of rotatable bonds is 5. The average molecular weight is 353 g/mol. The minimum absolute atomic E-state index is 0.267. The Morgan fingerprint density at radius 3 is 2.96 bits per heavy atom. The summed E-state index contributed by atoms with van der Waals surface area (Å²) in [5.74, 6) is -2.91. The summed E-state index contributed by atoms with van der Waals surface area (Å²) in [6.07, 6.45) is 11.4. The van der Waals surface area contributed by atoms with Gasteiger partial charge in [0.2, 0.25) is 5.95 Å². The molecule has 7 heteroatoms. The van der Waals surface area contributed by atoms with E-state index in [0.29, 0.717) is 19.3 Å². The molecule has 0 amide bonds. The molecule has 2 aliphatic rings. The molecule has 1 fully saturated rings. The highest BCUT2D eigenvalue weighted by Gasteiger charge is 2.46. The zero-order valence-electron chi connectivity index (χ0n) is 14.0. The quantitative estimate of drug-likeness (QED) is 0.762. The number of hydrogen-bond acceptors (Lipinski definition) is 4. The lowest BCUT2D eigenvalue weighted by atomic mass is 10.0. The van der Waals surface area contributed by atoms with E-state index in [1.165, 1.54) is 0 Å². The largest absolute Gasteiger partial charge is 0.348 e. The summed E-state index contributed by atoms with van der Waals surface area (Å²) < 4.78 is 29.6. The van der Waals surface area contributed by atoms with Crippen LogP contribution < -0.4 is 5.32 Å². The van der Waals surface area contributed by atoms with Gasteiger partial charge >= 0.3 is 0 Å². The molecule has 26 heavy (non-hydrogen) atoms. The zero-order chi connectivity index (χ0) is 17.7. The lowest BCUT2D eigenvalue weighted by Crippen LogP contribution is -2.30. The van der Waals surface area contributed by atoms with Gasteiger partial charge in [-0.25, -0.2) is 23.7 Å². The fraction of sp³-hybridized carbons (Fsp3) is 0.316. The van der Waals surface area contributed by atoms with E-state index in [0.717, 1.165) is 28.0 Å². The Labute approximate surface area is 148 Å². The van der Waals surface area contributed by atoms with Crippen LogP contribution in [0.3, 0.4) is 0 Å². The molecule has 1 saturated carbocycles. The lowest BCUT2D eigenvalue weighted by Gasteiger charge is -2.16. The molecule has 3 heterocycles. The van der Waals surface area contributed by atoms with Gasteiger partial charge in [-0.05, 0) is 36.1 Å². The van der Waals surface area contributed by atoms with E-state index in [2.05, 4.69) is 26.3 Å². The molecule has 132 valence electrons. The molecule has 5 nitrogen and oxygen atoms in total. The SMILES string of the molecule is FC(F)(CNc1ncc2c(n1)CC=C2c1ccc2nccn2c1)C1CC1. The molecule has 0 aliphatic heterocycles. The van der Waals surface area contributed by atoms with E-state index >= 15 is 0 Å². The molecule has 0 spiro atoms. The maximum Gasteiger partial charge on any atom is 0.267 e. The minimum atomic E-state index is -2.69. The van der Waals surface area contributed by atoms with Crippen molar-refractivity contribution in [2.45, 2.75) is 25.2 Å². The average Bonchev–Trinajstić information content (AvgIpc) is 3.27. The van der Waals surface area contributed by atoms with Crippen molar-refractivity contribution in [2.75, 3.05) is 11.9 Å². The maximum absolute atomic E-state index is 13.8. The summed E-state index contributed by atoms with van der Waals surface area (Å²) in [5.41, 5.74) is 4.81. The van der Waals surface area contributed by atoms with Crippen molar-refractivity contribution in [2.24, 2.45) is 5.92 Å². The van der Waals surface area contributed by atoms with E-state index in [9.17, 15) is 8.78 Å². The number of hydrogen-bond donors (Lipinski definition) is 1. The number of pyridine rings is 1. The summed E-state index contributed by atoms with van der Waals surface area (Å²) in [6, 6.07) is 3.98. The molecular weight excluding hydrogens is 336 g/mol. The molecule has 0 saturated heterocycles. The second-order valence-corrected chi connectivity index (χ2v) is 6.88. The number of nitrogens with zero attached hydrogens (tertiary/aromatic N) is 4. The highest BCUT2D eigenvalue weighted by atomic mass is 19.3. The summed E-state index contributed by atoms with van der Waals surface area (Å²) in [4.78, 5) is 12.9. The molecule has 0 atom stereocenters. The predicted molar refractivity (Wildman–Crippen MR) is 94.2 cm³/mol. The Morgan fingerprint density at radius 2 is 2.12 bits per heavy atom. The second kappa shape index (κ2) is 5.59. The van der Waals surface area contributed by atoms with Crippen molar-refractivity contribution in [3.05, 3.63) is 59.8 Å². The van der Waals surface area contributed by atoms with Crippen LogP contribution in [-0.2, 0) is 6.42 Å². The van der Waals surface area contributed by atoms with Crippen molar-refractivity contribution < 1.29 is 8.78 Å². The molecule has 0 aromatic carbocycles. The topological polar surface area (TPSA) is 55.1 Å². The van der Waals surface area contributed by atoms with E-state index in [4.69, 9.17) is 0 Å². The van der Waals surface area contributed by atoms with Crippen LogP contribution in [0.4, 0.5) is 14.7 Å². The Hall–Kier alpha value is -2.83. The first kappa shape index (κ1) is 15.4. The Bertz CT molecular complexity index is 1020. The van der Waals surface area contributed by atoms with Gasteiger partial charge in [-0.3, -0.25) is 0 Å². The first-order valence-corrected chi connectivity index (χ1v) is 8.71. The molecule has 0 bridgehead atoms. The second-order valence-electron chi connectivity index (χ2n) is 6.88. The van der Waals surface area contributed by atoms with Gasteiger partial charge in [-0.2, -0.15) is 0 Å². The third-order valence-electron chi connectivity index (χ3n) is 5.01. The third-order valence-corrected chi connectivity index (χ3v) is 5.01. The first-order valence-electron chi connectivity index (χ1n) is 8.71. The Morgan fingerprint density at radius 1 is 1.23 bits per heavy atom. The monoisotopic (exact) mass is 353 g/mol. The smallest absolute Gasteiger partial charge is 0.267 e.